The molecule has 0 bridgehead atoms. The van der Waals surface area contributed by atoms with Crippen molar-refractivity contribution in [1.29, 1.82) is 0 Å². The van der Waals surface area contributed by atoms with Crippen LogP contribution < -0.4 is 4.74 Å². The second kappa shape index (κ2) is 5.10. The molecule has 0 fully saturated rings. The summed E-state index contributed by atoms with van der Waals surface area (Å²) < 4.78 is 5.27. The van der Waals surface area contributed by atoms with E-state index in [2.05, 4.69) is 22.1 Å². The van der Waals surface area contributed by atoms with Crippen LogP contribution in [0.25, 0.3) is 11.3 Å². The molecule has 0 N–H and O–H groups in total. The van der Waals surface area contributed by atoms with Gasteiger partial charge >= 0.3 is 0 Å². The van der Waals surface area contributed by atoms with Crippen LogP contribution in [-0.4, -0.2) is 22.3 Å². The maximum Gasteiger partial charge on any atom is 0.159 e. The fraction of sp³-hybridized carbons (Fsp3) is 0.250. The van der Waals surface area contributed by atoms with Gasteiger partial charge in [0.2, 0.25) is 0 Å². The summed E-state index contributed by atoms with van der Waals surface area (Å²) in [6, 6.07) is 5.80. The van der Waals surface area contributed by atoms with Crippen LogP contribution in [0.1, 0.15) is 12.5 Å². The van der Waals surface area contributed by atoms with Gasteiger partial charge in [-0.25, -0.2) is 4.98 Å². The average Bonchev–Trinajstić information content (AvgIpc) is 2.38. The maximum absolute atomic E-state index is 5.98. The van der Waals surface area contributed by atoms with Gasteiger partial charge in [-0.05, 0) is 30.2 Å². The molecule has 0 amide bonds. The number of rotatable bonds is 3. The van der Waals surface area contributed by atoms with Crippen molar-refractivity contribution in [2.75, 3.05) is 7.11 Å². The Kier molecular flexibility index (Phi) is 3.54. The Labute approximate surface area is 105 Å². The smallest absolute Gasteiger partial charge is 0.159 e. The van der Waals surface area contributed by atoms with Gasteiger partial charge in [0.25, 0.3) is 0 Å². The topological polar surface area (TPSA) is 47.9 Å². The molecule has 0 atom stereocenters. The van der Waals surface area contributed by atoms with Crippen molar-refractivity contribution < 1.29 is 4.74 Å². The predicted molar refractivity (Wildman–Crippen MR) is 66.2 cm³/mol. The van der Waals surface area contributed by atoms with Crippen molar-refractivity contribution in [2.45, 2.75) is 13.3 Å². The summed E-state index contributed by atoms with van der Waals surface area (Å²) in [7, 11) is 1.66. The minimum absolute atomic E-state index is 0.354. The van der Waals surface area contributed by atoms with E-state index in [4.69, 9.17) is 16.3 Å². The van der Waals surface area contributed by atoms with Crippen molar-refractivity contribution in [1.82, 2.24) is 15.2 Å². The van der Waals surface area contributed by atoms with E-state index in [1.807, 2.05) is 18.2 Å². The lowest BCUT2D eigenvalue weighted by molar-refractivity contribution is 0.410. The number of ether oxygens (including phenoxy) is 1. The highest BCUT2D eigenvalue weighted by molar-refractivity contribution is 6.31. The van der Waals surface area contributed by atoms with Crippen molar-refractivity contribution in [3.8, 4) is 17.0 Å². The minimum Gasteiger partial charge on any atom is -0.496 e. The maximum atomic E-state index is 5.98. The number of aromatic nitrogens is 3. The molecule has 0 aliphatic rings. The Balaban J connectivity index is 2.50. The zero-order chi connectivity index (χ0) is 12.3. The quantitative estimate of drug-likeness (QED) is 0.839. The SMILES string of the molecule is CCc1cc(-c2nncnc2Cl)ccc1OC. The molecule has 1 heterocycles. The van der Waals surface area contributed by atoms with Crippen LogP contribution in [-0.2, 0) is 6.42 Å². The molecule has 0 unspecified atom stereocenters. The number of hydrogen-bond acceptors (Lipinski definition) is 4. The van der Waals surface area contributed by atoms with Gasteiger partial charge in [0, 0.05) is 5.56 Å². The molecule has 2 aromatic rings. The van der Waals surface area contributed by atoms with E-state index in [9.17, 15) is 0 Å². The van der Waals surface area contributed by atoms with Crippen LogP contribution in [0.2, 0.25) is 5.15 Å². The van der Waals surface area contributed by atoms with Gasteiger partial charge < -0.3 is 4.74 Å². The summed E-state index contributed by atoms with van der Waals surface area (Å²) in [6.07, 6.45) is 2.21. The zero-order valence-electron chi connectivity index (χ0n) is 9.64. The molecule has 0 saturated heterocycles. The third-order valence-electron chi connectivity index (χ3n) is 2.51. The second-order valence-electron chi connectivity index (χ2n) is 3.48. The highest BCUT2D eigenvalue weighted by Crippen LogP contribution is 2.28. The Bertz CT molecular complexity index is 531. The van der Waals surface area contributed by atoms with Crippen LogP contribution >= 0.6 is 11.6 Å². The fourth-order valence-corrected chi connectivity index (χ4v) is 1.83. The molecule has 2 rings (SSSR count). The first-order valence-corrected chi connectivity index (χ1v) is 5.64. The number of nitrogens with zero attached hydrogens (tertiary/aromatic N) is 3. The number of benzene rings is 1. The lowest BCUT2D eigenvalue weighted by Gasteiger charge is -2.08. The molecule has 88 valence electrons. The second-order valence-corrected chi connectivity index (χ2v) is 3.84. The van der Waals surface area contributed by atoms with Crippen LogP contribution in [0, 0.1) is 0 Å². The summed E-state index contributed by atoms with van der Waals surface area (Å²) in [5.74, 6) is 0.865. The fourth-order valence-electron chi connectivity index (χ4n) is 1.64. The van der Waals surface area contributed by atoms with E-state index in [1.54, 1.807) is 7.11 Å². The van der Waals surface area contributed by atoms with E-state index >= 15 is 0 Å². The van der Waals surface area contributed by atoms with E-state index in [1.165, 1.54) is 6.33 Å². The van der Waals surface area contributed by atoms with Crippen LogP contribution in [0.15, 0.2) is 24.5 Å². The Morgan fingerprint density at radius 1 is 1.35 bits per heavy atom. The monoisotopic (exact) mass is 249 g/mol. The van der Waals surface area contributed by atoms with Gasteiger partial charge in [0.05, 0.1) is 7.11 Å². The number of hydrogen-bond donors (Lipinski definition) is 0. The Morgan fingerprint density at radius 3 is 2.82 bits per heavy atom. The Hall–Kier alpha value is -1.68. The molecular formula is C12H12ClN3O. The summed E-state index contributed by atoms with van der Waals surface area (Å²) in [5, 5.41) is 8.09. The summed E-state index contributed by atoms with van der Waals surface area (Å²) in [5.41, 5.74) is 2.59. The molecule has 5 heteroatoms. The predicted octanol–water partition coefficient (Wildman–Crippen LogP) is 2.76. The number of halogens is 1. The third-order valence-corrected chi connectivity index (χ3v) is 2.79. The van der Waals surface area contributed by atoms with Gasteiger partial charge in [-0.3, -0.25) is 0 Å². The largest absolute Gasteiger partial charge is 0.496 e. The summed E-state index contributed by atoms with van der Waals surface area (Å²) in [6.45, 7) is 2.07. The molecule has 0 aliphatic heterocycles. The van der Waals surface area contributed by atoms with Gasteiger partial charge in [-0.2, -0.15) is 0 Å². The van der Waals surface area contributed by atoms with Gasteiger partial charge in [-0.1, -0.05) is 18.5 Å². The van der Waals surface area contributed by atoms with E-state index in [0.29, 0.717) is 10.8 Å². The molecule has 0 saturated carbocycles. The molecule has 4 nitrogen and oxygen atoms in total. The van der Waals surface area contributed by atoms with Crippen LogP contribution in [0.5, 0.6) is 5.75 Å². The zero-order valence-corrected chi connectivity index (χ0v) is 10.4. The van der Waals surface area contributed by atoms with E-state index < -0.39 is 0 Å². The summed E-state index contributed by atoms with van der Waals surface area (Å²) >= 11 is 5.98. The first-order chi connectivity index (χ1) is 8.26. The Morgan fingerprint density at radius 2 is 2.18 bits per heavy atom. The molecule has 0 aliphatic carbocycles. The lowest BCUT2D eigenvalue weighted by atomic mass is 10.1. The number of methoxy groups -OCH3 is 1. The van der Waals surface area contributed by atoms with Gasteiger partial charge in [0.1, 0.15) is 17.8 Å². The van der Waals surface area contributed by atoms with Gasteiger partial charge in [-0.15, -0.1) is 10.2 Å². The lowest BCUT2D eigenvalue weighted by Crippen LogP contribution is -1.94. The standard InChI is InChI=1S/C12H12ClN3O/c1-3-8-6-9(4-5-10(8)17-2)11-12(13)14-7-15-16-11/h4-7H,3H2,1-2H3. The van der Waals surface area contributed by atoms with E-state index in [-0.39, 0.29) is 0 Å². The van der Waals surface area contributed by atoms with Crippen LogP contribution in [0.3, 0.4) is 0 Å². The highest BCUT2D eigenvalue weighted by Gasteiger charge is 2.09. The normalized spacial score (nSPS) is 10.3. The van der Waals surface area contributed by atoms with E-state index in [0.717, 1.165) is 23.3 Å². The highest BCUT2D eigenvalue weighted by atomic mass is 35.5. The molecule has 0 radical (unpaired) electrons. The molecule has 0 spiro atoms. The van der Waals surface area contributed by atoms with Gasteiger partial charge in [0.15, 0.2) is 5.15 Å². The molecular weight excluding hydrogens is 238 g/mol. The number of aryl methyl sites for hydroxylation is 1. The van der Waals surface area contributed by atoms with Crippen molar-refractivity contribution in [3.63, 3.8) is 0 Å². The summed E-state index contributed by atoms with van der Waals surface area (Å²) in [4.78, 5) is 3.91. The minimum atomic E-state index is 0.354. The van der Waals surface area contributed by atoms with Crippen molar-refractivity contribution >= 4 is 11.6 Å². The van der Waals surface area contributed by atoms with Crippen LogP contribution in [0.4, 0.5) is 0 Å². The first kappa shape index (κ1) is 11.8. The molecule has 1 aromatic heterocycles. The van der Waals surface area contributed by atoms with Crippen molar-refractivity contribution in [3.05, 3.63) is 35.2 Å². The third kappa shape index (κ3) is 2.36. The first-order valence-electron chi connectivity index (χ1n) is 5.26. The molecule has 17 heavy (non-hydrogen) atoms. The molecule has 1 aromatic carbocycles. The average molecular weight is 250 g/mol. The van der Waals surface area contributed by atoms with Crippen molar-refractivity contribution in [2.24, 2.45) is 0 Å².